The Balaban J connectivity index is 0.762. The minimum atomic E-state index is 0.562. The van der Waals surface area contributed by atoms with Crippen molar-refractivity contribution >= 4 is 23.5 Å². The fraction of sp³-hybridized carbons (Fsp3) is 1.00. The minimum absolute atomic E-state index is 0.562. The summed E-state index contributed by atoms with van der Waals surface area (Å²) >= 11 is 5.18. The fourth-order valence-electron chi connectivity index (χ4n) is 19.1. The van der Waals surface area contributed by atoms with E-state index in [1.807, 2.05) is 0 Å². The monoisotopic (exact) mass is 802 g/mol. The second-order valence-electron chi connectivity index (χ2n) is 23.5. The van der Waals surface area contributed by atoms with Gasteiger partial charge in [-0.15, -0.1) is 0 Å². The van der Waals surface area contributed by atoms with Crippen LogP contribution in [0.4, 0.5) is 0 Å². The average Bonchev–Trinajstić information content (AvgIpc) is 3.96. The van der Waals surface area contributed by atoms with Gasteiger partial charge in [-0.1, -0.05) is 77.0 Å². The first-order chi connectivity index (χ1) is 27.8. The normalized spacial score (nSPS) is 54.6. The van der Waals surface area contributed by atoms with E-state index in [1.54, 1.807) is 89.9 Å². The molecule has 16 atom stereocenters. The molecule has 0 aromatic heterocycles. The van der Waals surface area contributed by atoms with Gasteiger partial charge in [-0.05, 0) is 193 Å². The summed E-state index contributed by atoms with van der Waals surface area (Å²) in [6.07, 6.45) is 48.7. The summed E-state index contributed by atoms with van der Waals surface area (Å²) in [7, 11) is 0. The molecule has 12 rings (SSSR count). The maximum absolute atomic E-state index is 7.66. The van der Waals surface area contributed by atoms with Crippen LogP contribution in [-0.2, 0) is 4.74 Å². The summed E-state index contributed by atoms with van der Waals surface area (Å²) < 4.78 is 7.66. The molecule has 314 valence electrons. The van der Waals surface area contributed by atoms with Crippen molar-refractivity contribution in [2.75, 3.05) is 0 Å². The topological polar surface area (TPSA) is 12.5 Å². The first kappa shape index (κ1) is 38.3. The molecule has 0 radical (unpaired) electrons. The molecule has 16 unspecified atom stereocenters. The van der Waals surface area contributed by atoms with Gasteiger partial charge in [-0.2, -0.15) is 23.5 Å². The van der Waals surface area contributed by atoms with Crippen molar-refractivity contribution in [1.29, 1.82) is 0 Å². The van der Waals surface area contributed by atoms with Crippen LogP contribution in [0.1, 0.15) is 199 Å². The Morgan fingerprint density at radius 1 is 0.321 bits per heavy atom. The van der Waals surface area contributed by atoms with Crippen molar-refractivity contribution in [3.8, 4) is 0 Å². The van der Waals surface area contributed by atoms with E-state index in [1.165, 1.54) is 109 Å². The lowest BCUT2D eigenvalue weighted by molar-refractivity contribution is -0.104. The van der Waals surface area contributed by atoms with Gasteiger partial charge in [0.15, 0.2) is 0 Å². The summed E-state index contributed by atoms with van der Waals surface area (Å²) in [6, 6.07) is 2.42. The highest BCUT2D eigenvalue weighted by molar-refractivity contribution is 8.02. The van der Waals surface area contributed by atoms with Crippen molar-refractivity contribution < 1.29 is 4.74 Å². The molecule has 9 aliphatic carbocycles. The Kier molecular flexibility index (Phi) is 11.2. The molecule has 12 aliphatic rings. The molecule has 0 spiro atoms. The Labute approximate surface area is 352 Å². The van der Waals surface area contributed by atoms with Crippen molar-refractivity contribution in [1.82, 2.24) is 4.90 Å². The van der Waals surface area contributed by atoms with Gasteiger partial charge in [0.05, 0.1) is 12.2 Å². The molecular formula is C52H83NOS2. The van der Waals surface area contributed by atoms with Crippen LogP contribution in [-0.4, -0.2) is 56.2 Å². The van der Waals surface area contributed by atoms with Crippen LogP contribution in [0.5, 0.6) is 0 Å². The zero-order chi connectivity index (χ0) is 36.7. The third kappa shape index (κ3) is 6.74. The van der Waals surface area contributed by atoms with Gasteiger partial charge in [0.25, 0.3) is 0 Å². The quantitative estimate of drug-likeness (QED) is 0.274. The highest BCUT2D eigenvalue weighted by Gasteiger charge is 2.60. The highest BCUT2D eigenvalue weighted by atomic mass is 32.2. The Morgan fingerprint density at radius 2 is 0.875 bits per heavy atom. The smallest absolute Gasteiger partial charge is 0.0766 e. The molecule has 56 heavy (non-hydrogen) atoms. The molecule has 9 saturated carbocycles. The lowest BCUT2D eigenvalue weighted by Gasteiger charge is -2.52. The predicted octanol–water partition coefficient (Wildman–Crippen LogP) is 13.7. The van der Waals surface area contributed by atoms with E-state index >= 15 is 0 Å². The molecular weight excluding hydrogens is 719 g/mol. The molecule has 0 aromatic rings. The number of rotatable bonds is 5. The van der Waals surface area contributed by atoms with Crippen molar-refractivity contribution in [2.24, 2.45) is 71.0 Å². The fourth-order valence-corrected chi connectivity index (χ4v) is 23.9. The van der Waals surface area contributed by atoms with Crippen LogP contribution in [0.3, 0.4) is 0 Å². The summed E-state index contributed by atoms with van der Waals surface area (Å²) in [6.45, 7) is 0. The summed E-state index contributed by atoms with van der Waals surface area (Å²) in [5.74, 6) is 12.2. The molecule has 4 heteroatoms. The Morgan fingerprint density at radius 3 is 1.71 bits per heavy atom. The van der Waals surface area contributed by atoms with Gasteiger partial charge < -0.3 is 4.74 Å². The second kappa shape index (κ2) is 16.4. The third-order valence-electron chi connectivity index (χ3n) is 21.4. The van der Waals surface area contributed by atoms with E-state index in [4.69, 9.17) is 4.74 Å². The highest BCUT2D eigenvalue weighted by Crippen LogP contribution is 2.66. The van der Waals surface area contributed by atoms with Gasteiger partial charge in [-0.25, -0.2) is 0 Å². The number of thioether (sulfide) groups is 2. The summed E-state index contributed by atoms with van der Waals surface area (Å²) in [5.41, 5.74) is 0. The van der Waals surface area contributed by atoms with Crippen molar-refractivity contribution in [3.05, 3.63) is 0 Å². The molecule has 3 aliphatic heterocycles. The van der Waals surface area contributed by atoms with E-state index < -0.39 is 0 Å². The van der Waals surface area contributed by atoms with Crippen LogP contribution in [0, 0.1) is 71.0 Å². The molecule has 0 bridgehead atoms. The number of nitrogens with zero attached hydrogens (tertiary/aromatic N) is 1. The number of fused-ring (bicyclic) bond motifs is 12. The van der Waals surface area contributed by atoms with E-state index in [2.05, 4.69) is 28.4 Å². The van der Waals surface area contributed by atoms with E-state index in [0.29, 0.717) is 12.2 Å². The Hall–Kier alpha value is 0.620. The molecule has 12 fully saturated rings. The third-order valence-corrected chi connectivity index (χ3v) is 25.2. The molecule has 3 saturated heterocycles. The van der Waals surface area contributed by atoms with Crippen LogP contribution in [0.2, 0.25) is 0 Å². The van der Waals surface area contributed by atoms with Crippen LogP contribution < -0.4 is 0 Å². The lowest BCUT2D eigenvalue weighted by Crippen LogP contribution is -2.58. The van der Waals surface area contributed by atoms with Crippen LogP contribution in [0.25, 0.3) is 0 Å². The number of hydrogen-bond donors (Lipinski definition) is 0. The van der Waals surface area contributed by atoms with Gasteiger partial charge in [0.2, 0.25) is 0 Å². The van der Waals surface area contributed by atoms with Gasteiger partial charge in [-0.3, -0.25) is 4.90 Å². The molecule has 0 N–H and O–H groups in total. The second-order valence-corrected chi connectivity index (χ2v) is 26.3. The van der Waals surface area contributed by atoms with Gasteiger partial charge in [0.1, 0.15) is 0 Å². The minimum Gasteiger partial charge on any atom is -0.372 e. The zero-order valence-corrected chi connectivity index (χ0v) is 37.3. The average molecular weight is 802 g/mol. The first-order valence-corrected chi connectivity index (χ1v) is 28.4. The van der Waals surface area contributed by atoms with Crippen LogP contribution >= 0.6 is 23.5 Å². The maximum Gasteiger partial charge on any atom is 0.0766 e. The molecule has 3 heterocycles. The first-order valence-electron chi connectivity index (χ1n) is 26.5. The summed E-state index contributed by atoms with van der Waals surface area (Å²) in [5, 5.41) is 4.14. The SMILES string of the molecule is C1CCC(C2CCC(N(C3CCC(C4CCCC5C6CCC7SC8CCCCC8C7C6SC45)CC3)C3CCCC4C5CCC6CCCCC6C5OC43)CC2)CC1. The molecule has 2 nitrogen and oxygen atoms in total. The zero-order valence-electron chi connectivity index (χ0n) is 35.7. The molecule has 0 amide bonds. The number of ether oxygens (including phenoxy) is 1. The van der Waals surface area contributed by atoms with E-state index in [-0.39, 0.29) is 0 Å². The largest absolute Gasteiger partial charge is 0.372 e. The lowest BCUT2D eigenvalue weighted by atomic mass is 9.62. The van der Waals surface area contributed by atoms with Crippen molar-refractivity contribution in [3.63, 3.8) is 0 Å². The van der Waals surface area contributed by atoms with E-state index in [9.17, 15) is 0 Å². The van der Waals surface area contributed by atoms with E-state index in [0.717, 1.165) is 110 Å². The van der Waals surface area contributed by atoms with Crippen molar-refractivity contribution in [2.45, 2.75) is 250 Å². The predicted molar refractivity (Wildman–Crippen MR) is 237 cm³/mol. The maximum atomic E-state index is 7.66. The summed E-state index contributed by atoms with van der Waals surface area (Å²) in [4.78, 5) is 3.36. The standard InChI is InChI=1S/C52H83NOS2/c1-2-10-32(11-3-1)33-20-25-36(26-21-33)53(45-18-9-16-40-41-29-24-34-12-4-5-13-38(34)49(41)54-50(40)45)37-27-22-35(23-28-37)39-15-8-17-42-43-30-31-47-48(52(43)56-51(39)42)44-14-6-7-19-46(44)55-47/h32-52H,1-31H2. The number of hydrogen-bond acceptors (Lipinski definition) is 4. The van der Waals surface area contributed by atoms with Gasteiger partial charge >= 0.3 is 0 Å². The molecule has 0 aromatic carbocycles. The van der Waals surface area contributed by atoms with Gasteiger partial charge in [0, 0.05) is 39.1 Å². The van der Waals surface area contributed by atoms with Crippen LogP contribution in [0.15, 0.2) is 0 Å². The Bertz CT molecular complexity index is 1330.